The van der Waals surface area contributed by atoms with Crippen molar-refractivity contribution in [3.63, 3.8) is 0 Å². The fraction of sp³-hybridized carbons (Fsp3) is 0.304. The van der Waals surface area contributed by atoms with Gasteiger partial charge in [0.2, 0.25) is 5.91 Å². The fourth-order valence-electron chi connectivity index (χ4n) is 3.71. The van der Waals surface area contributed by atoms with E-state index in [0.717, 1.165) is 35.4 Å². The minimum atomic E-state index is -0.0601. The highest BCUT2D eigenvalue weighted by Gasteiger charge is 2.45. The molecule has 154 valence electrons. The number of ether oxygens (including phenoxy) is 1. The average Bonchev–Trinajstić information content (AvgIpc) is 3.38. The van der Waals surface area contributed by atoms with Crippen LogP contribution in [-0.4, -0.2) is 40.8 Å². The third kappa shape index (κ3) is 3.96. The number of Topliss-reactive ketones (excluding diaryl/α,β-unsaturated/α-hetero) is 1. The molecule has 1 heterocycles. The molecule has 7 nitrogen and oxygen atoms in total. The zero-order chi connectivity index (χ0) is 21.1. The van der Waals surface area contributed by atoms with E-state index >= 15 is 0 Å². The van der Waals surface area contributed by atoms with Crippen LogP contribution >= 0.6 is 0 Å². The van der Waals surface area contributed by atoms with Crippen LogP contribution in [0.3, 0.4) is 0 Å². The van der Waals surface area contributed by atoms with Gasteiger partial charge in [-0.25, -0.2) is 4.68 Å². The predicted molar refractivity (Wildman–Crippen MR) is 112 cm³/mol. The summed E-state index contributed by atoms with van der Waals surface area (Å²) in [5.41, 5.74) is 3.22. The molecule has 3 aromatic rings. The highest BCUT2D eigenvalue weighted by molar-refractivity contribution is 5.96. The van der Waals surface area contributed by atoms with Gasteiger partial charge in [0.05, 0.1) is 19.0 Å². The van der Waals surface area contributed by atoms with Gasteiger partial charge < -0.3 is 10.1 Å². The number of methoxy groups -OCH3 is 1. The summed E-state index contributed by atoms with van der Waals surface area (Å²) in [7, 11) is 3.27. The van der Waals surface area contributed by atoms with E-state index in [9.17, 15) is 9.59 Å². The number of carbonyl (C=O) groups is 2. The first-order chi connectivity index (χ1) is 14.5. The summed E-state index contributed by atoms with van der Waals surface area (Å²) >= 11 is 0. The van der Waals surface area contributed by atoms with Crippen LogP contribution in [0.4, 0.5) is 0 Å². The number of rotatable bonds is 8. The van der Waals surface area contributed by atoms with E-state index in [4.69, 9.17) is 4.74 Å². The quantitative estimate of drug-likeness (QED) is 0.584. The number of nitrogens with one attached hydrogen (secondary N) is 1. The second-order valence-corrected chi connectivity index (χ2v) is 7.66. The summed E-state index contributed by atoms with van der Waals surface area (Å²) in [6.45, 7) is 0. The Bertz CT molecular complexity index is 1050. The summed E-state index contributed by atoms with van der Waals surface area (Å²) in [6.07, 6.45) is 4.29. The molecule has 0 aliphatic heterocycles. The first kappa shape index (κ1) is 19.8. The topological polar surface area (TPSA) is 86.1 Å². The number of nitrogens with zero attached hydrogens (tertiary/aromatic N) is 3. The molecule has 0 saturated heterocycles. The first-order valence-corrected chi connectivity index (χ1v) is 9.93. The van der Waals surface area contributed by atoms with Crippen LogP contribution in [0.1, 0.15) is 40.9 Å². The molecule has 30 heavy (non-hydrogen) atoms. The predicted octanol–water partition coefficient (Wildman–Crippen LogP) is 2.87. The second-order valence-electron chi connectivity index (χ2n) is 7.66. The van der Waals surface area contributed by atoms with Crippen molar-refractivity contribution < 1.29 is 14.3 Å². The first-order valence-electron chi connectivity index (χ1n) is 9.93. The van der Waals surface area contributed by atoms with Gasteiger partial charge in [0.1, 0.15) is 11.4 Å². The maximum absolute atomic E-state index is 12.9. The van der Waals surface area contributed by atoms with Gasteiger partial charge in [0.25, 0.3) is 0 Å². The molecule has 0 bridgehead atoms. The maximum atomic E-state index is 12.9. The Balaban J connectivity index is 1.47. The van der Waals surface area contributed by atoms with E-state index in [1.54, 1.807) is 18.8 Å². The monoisotopic (exact) mass is 404 g/mol. The number of benzene rings is 2. The molecule has 1 N–H and O–H groups in total. The molecule has 1 fully saturated rings. The Labute approximate surface area is 175 Å². The zero-order valence-corrected chi connectivity index (χ0v) is 17.1. The molecule has 1 saturated carbocycles. The van der Waals surface area contributed by atoms with Crippen molar-refractivity contribution in [1.29, 1.82) is 0 Å². The lowest BCUT2D eigenvalue weighted by molar-refractivity contribution is -0.121. The standard InChI is InChI=1S/C23H24N4O3/c1-24-22(29)14-23(11-12-23)17-5-3-16(4-6-17)13-21(28)20-15-25-26-27(20)18-7-9-19(30-2)10-8-18/h3-10,15H,11-14H2,1-2H3,(H,24,29). The molecular formula is C23H24N4O3. The Morgan fingerprint density at radius 2 is 1.80 bits per heavy atom. The SMILES string of the molecule is CNC(=O)CC1(c2ccc(CC(=O)c3cnnn3-c3ccc(OC)cc3)cc2)CC1. The number of hydrogen-bond donors (Lipinski definition) is 1. The van der Waals surface area contributed by atoms with Gasteiger partial charge in [-0.3, -0.25) is 9.59 Å². The van der Waals surface area contributed by atoms with Crippen LogP contribution in [0.2, 0.25) is 0 Å². The molecule has 0 unspecified atom stereocenters. The Morgan fingerprint density at radius 1 is 1.10 bits per heavy atom. The second kappa shape index (κ2) is 8.10. The number of aromatic nitrogens is 3. The fourth-order valence-corrected chi connectivity index (χ4v) is 3.71. The van der Waals surface area contributed by atoms with Crippen LogP contribution in [-0.2, 0) is 16.6 Å². The summed E-state index contributed by atoms with van der Waals surface area (Å²) in [5, 5.41) is 10.7. The minimum absolute atomic E-state index is 0.0421. The molecule has 2 aromatic carbocycles. The third-order valence-corrected chi connectivity index (χ3v) is 5.71. The minimum Gasteiger partial charge on any atom is -0.497 e. The Morgan fingerprint density at radius 3 is 2.40 bits per heavy atom. The molecule has 1 amide bonds. The molecule has 1 aliphatic rings. The number of carbonyl (C=O) groups excluding carboxylic acids is 2. The van der Waals surface area contributed by atoms with Gasteiger partial charge in [-0.15, -0.1) is 5.10 Å². The Hall–Kier alpha value is -3.48. The highest BCUT2D eigenvalue weighted by atomic mass is 16.5. The van der Waals surface area contributed by atoms with Gasteiger partial charge in [-0.2, -0.15) is 0 Å². The summed E-state index contributed by atoms with van der Waals surface area (Å²) in [4.78, 5) is 24.7. The van der Waals surface area contributed by atoms with Gasteiger partial charge >= 0.3 is 0 Å². The third-order valence-electron chi connectivity index (χ3n) is 5.71. The molecule has 1 aliphatic carbocycles. The summed E-state index contributed by atoms with van der Waals surface area (Å²) in [5.74, 6) is 0.734. The van der Waals surface area contributed by atoms with Gasteiger partial charge in [0, 0.05) is 25.3 Å². The molecule has 0 atom stereocenters. The van der Waals surface area contributed by atoms with Crippen LogP contribution in [0, 0.1) is 0 Å². The molecule has 4 rings (SSSR count). The van der Waals surface area contributed by atoms with Crippen molar-refractivity contribution in [2.45, 2.75) is 31.1 Å². The van der Waals surface area contributed by atoms with E-state index < -0.39 is 0 Å². The molecule has 0 spiro atoms. The van der Waals surface area contributed by atoms with Gasteiger partial charge in [-0.1, -0.05) is 29.5 Å². The van der Waals surface area contributed by atoms with Crippen molar-refractivity contribution in [1.82, 2.24) is 20.3 Å². The maximum Gasteiger partial charge on any atom is 0.220 e. The lowest BCUT2D eigenvalue weighted by atomic mass is 9.91. The highest BCUT2D eigenvalue weighted by Crippen LogP contribution is 2.51. The summed E-state index contributed by atoms with van der Waals surface area (Å²) in [6, 6.07) is 15.3. The Kier molecular flexibility index (Phi) is 5.35. The van der Waals surface area contributed by atoms with E-state index in [0.29, 0.717) is 12.1 Å². The van der Waals surface area contributed by atoms with Crippen LogP contribution in [0.15, 0.2) is 54.7 Å². The molecule has 7 heteroatoms. The van der Waals surface area contributed by atoms with Crippen LogP contribution < -0.4 is 10.1 Å². The van der Waals surface area contributed by atoms with Crippen molar-refractivity contribution in [3.8, 4) is 11.4 Å². The van der Waals surface area contributed by atoms with Gasteiger partial charge in [0.15, 0.2) is 5.78 Å². The number of ketones is 1. The lowest BCUT2D eigenvalue weighted by Crippen LogP contribution is -2.23. The van der Waals surface area contributed by atoms with Gasteiger partial charge in [-0.05, 0) is 48.2 Å². The molecule has 0 radical (unpaired) electrons. The van der Waals surface area contributed by atoms with E-state index in [1.807, 2.05) is 48.5 Å². The van der Waals surface area contributed by atoms with E-state index in [2.05, 4.69) is 15.6 Å². The van der Waals surface area contributed by atoms with E-state index in [1.165, 1.54) is 6.20 Å². The molecule has 1 aromatic heterocycles. The summed E-state index contributed by atoms with van der Waals surface area (Å²) < 4.78 is 6.71. The normalized spacial score (nSPS) is 14.2. The van der Waals surface area contributed by atoms with Crippen molar-refractivity contribution in [2.75, 3.05) is 14.2 Å². The van der Waals surface area contributed by atoms with E-state index in [-0.39, 0.29) is 23.5 Å². The lowest BCUT2D eigenvalue weighted by Gasteiger charge is -2.15. The van der Waals surface area contributed by atoms with Crippen molar-refractivity contribution in [2.24, 2.45) is 0 Å². The van der Waals surface area contributed by atoms with Crippen molar-refractivity contribution in [3.05, 3.63) is 71.5 Å². The van der Waals surface area contributed by atoms with Crippen LogP contribution in [0.5, 0.6) is 5.75 Å². The van der Waals surface area contributed by atoms with Crippen molar-refractivity contribution >= 4 is 11.7 Å². The molecular weight excluding hydrogens is 380 g/mol. The smallest absolute Gasteiger partial charge is 0.220 e. The average molecular weight is 404 g/mol. The largest absolute Gasteiger partial charge is 0.497 e. The number of hydrogen-bond acceptors (Lipinski definition) is 5. The van der Waals surface area contributed by atoms with Crippen LogP contribution in [0.25, 0.3) is 5.69 Å². The zero-order valence-electron chi connectivity index (χ0n) is 17.1. The number of amides is 1.